The lowest BCUT2D eigenvalue weighted by Crippen LogP contribution is -2.18. The van der Waals surface area contributed by atoms with E-state index >= 15 is 0 Å². The molecule has 33 heavy (non-hydrogen) atoms. The van der Waals surface area contributed by atoms with Crippen LogP contribution in [0.1, 0.15) is 49.8 Å². The summed E-state index contributed by atoms with van der Waals surface area (Å²) in [7, 11) is 1.66. The van der Waals surface area contributed by atoms with Crippen LogP contribution in [-0.4, -0.2) is 23.0 Å². The fraction of sp³-hybridized carbons (Fsp3) is 0.370. The summed E-state index contributed by atoms with van der Waals surface area (Å²) < 4.78 is 6.26. The highest BCUT2D eigenvalue weighted by molar-refractivity contribution is 9.10. The molecule has 4 rings (SSSR count). The van der Waals surface area contributed by atoms with Crippen molar-refractivity contribution in [2.45, 2.75) is 51.4 Å². The van der Waals surface area contributed by atoms with Crippen molar-refractivity contribution < 1.29 is 9.53 Å². The van der Waals surface area contributed by atoms with Gasteiger partial charge in [0.15, 0.2) is 5.82 Å². The highest BCUT2D eigenvalue weighted by atomic mass is 79.9. The smallest absolute Gasteiger partial charge is 0.229 e. The largest absolute Gasteiger partial charge is 0.497 e. The maximum atomic E-state index is 12.7. The quantitative estimate of drug-likeness (QED) is 0.372. The number of carbonyl (C=O) groups excluding carboxylic acids is 1. The summed E-state index contributed by atoms with van der Waals surface area (Å²) in [5.41, 5.74) is 3.61. The van der Waals surface area contributed by atoms with Gasteiger partial charge in [-0.1, -0.05) is 60.2 Å². The minimum absolute atomic E-state index is 0.0808. The fourth-order valence-electron chi connectivity index (χ4n) is 4.39. The van der Waals surface area contributed by atoms with E-state index in [0.717, 1.165) is 51.5 Å². The number of nitrogens with one attached hydrogen (secondary N) is 1. The van der Waals surface area contributed by atoms with Crippen LogP contribution >= 0.6 is 15.9 Å². The number of halogens is 1. The lowest BCUT2D eigenvalue weighted by Gasteiger charge is -2.21. The molecule has 6 heteroatoms. The molecule has 3 aromatic rings. The molecule has 1 N–H and O–H groups in total. The third-order valence-electron chi connectivity index (χ3n) is 6.28. The second-order valence-electron chi connectivity index (χ2n) is 8.67. The van der Waals surface area contributed by atoms with Gasteiger partial charge in [0, 0.05) is 10.0 Å². The van der Waals surface area contributed by atoms with Gasteiger partial charge in [0.2, 0.25) is 5.91 Å². The molecule has 2 aromatic carbocycles. The van der Waals surface area contributed by atoms with E-state index in [0.29, 0.717) is 12.2 Å². The zero-order valence-electron chi connectivity index (χ0n) is 19.0. The van der Waals surface area contributed by atoms with E-state index in [9.17, 15) is 4.79 Å². The van der Waals surface area contributed by atoms with Gasteiger partial charge in [-0.05, 0) is 60.7 Å². The van der Waals surface area contributed by atoms with Gasteiger partial charge in [-0.3, -0.25) is 4.79 Å². The minimum Gasteiger partial charge on any atom is -0.497 e. The third kappa shape index (κ3) is 6.64. The number of rotatable bonds is 8. The van der Waals surface area contributed by atoms with Crippen molar-refractivity contribution in [1.29, 1.82) is 0 Å². The number of hydrogen-bond donors (Lipinski definition) is 1. The molecule has 0 spiro atoms. The number of hydrogen-bond acceptors (Lipinski definition) is 4. The Hall–Kier alpha value is -2.73. The van der Waals surface area contributed by atoms with Gasteiger partial charge >= 0.3 is 0 Å². The number of methoxy groups -OCH3 is 1. The standard InChI is InChI=1S/C27H30BrN3O2/c1-33-23-14-10-21(11-15-23)25-18-29-27(24(30-25)16-9-19-5-3-2-4-6-19)31-26(32)17-20-7-12-22(28)13-8-20/h7-8,10-15,18-19H,2-6,9,16-17H2,1H3,(H,29,31,32). The average molecular weight is 508 g/mol. The topological polar surface area (TPSA) is 64.1 Å². The first-order chi connectivity index (χ1) is 16.1. The van der Waals surface area contributed by atoms with Gasteiger partial charge < -0.3 is 10.1 Å². The van der Waals surface area contributed by atoms with Crippen molar-refractivity contribution in [3.8, 4) is 17.0 Å². The summed E-state index contributed by atoms with van der Waals surface area (Å²) in [6.07, 6.45) is 10.5. The molecule has 0 bridgehead atoms. The number of aryl methyl sites for hydroxylation is 1. The second-order valence-corrected chi connectivity index (χ2v) is 9.59. The molecule has 1 aliphatic carbocycles. The van der Waals surface area contributed by atoms with Gasteiger partial charge in [-0.25, -0.2) is 9.97 Å². The van der Waals surface area contributed by atoms with Gasteiger partial charge in [-0.15, -0.1) is 0 Å². The first-order valence-corrected chi connectivity index (χ1v) is 12.4. The fourth-order valence-corrected chi connectivity index (χ4v) is 4.65. The molecule has 0 aliphatic heterocycles. The zero-order chi connectivity index (χ0) is 23.0. The lowest BCUT2D eigenvalue weighted by molar-refractivity contribution is -0.115. The molecule has 0 unspecified atom stereocenters. The van der Waals surface area contributed by atoms with E-state index in [1.165, 1.54) is 32.1 Å². The maximum absolute atomic E-state index is 12.7. The van der Waals surface area contributed by atoms with Crippen LogP contribution in [-0.2, 0) is 17.6 Å². The minimum atomic E-state index is -0.0808. The van der Waals surface area contributed by atoms with Crippen molar-refractivity contribution in [2.24, 2.45) is 5.92 Å². The Labute approximate surface area is 204 Å². The van der Waals surface area contributed by atoms with E-state index in [4.69, 9.17) is 9.72 Å². The van der Waals surface area contributed by atoms with Gasteiger partial charge in [0.1, 0.15) is 5.75 Å². The predicted octanol–water partition coefficient (Wildman–Crippen LogP) is 6.61. The summed E-state index contributed by atoms with van der Waals surface area (Å²) in [6.45, 7) is 0. The van der Waals surface area contributed by atoms with Crippen molar-refractivity contribution in [2.75, 3.05) is 12.4 Å². The van der Waals surface area contributed by atoms with E-state index < -0.39 is 0 Å². The van der Waals surface area contributed by atoms with Gasteiger partial charge in [-0.2, -0.15) is 0 Å². The molecule has 172 valence electrons. The molecule has 0 atom stereocenters. The molecular weight excluding hydrogens is 478 g/mol. The third-order valence-corrected chi connectivity index (χ3v) is 6.81. The normalized spacial score (nSPS) is 14.1. The Balaban J connectivity index is 1.52. The van der Waals surface area contributed by atoms with E-state index in [1.807, 2.05) is 48.5 Å². The van der Waals surface area contributed by atoms with Gasteiger partial charge in [0.25, 0.3) is 0 Å². The Bertz CT molecular complexity index is 1060. The van der Waals surface area contributed by atoms with Crippen LogP contribution in [0.4, 0.5) is 5.82 Å². The lowest BCUT2D eigenvalue weighted by atomic mass is 9.86. The van der Waals surface area contributed by atoms with Crippen molar-refractivity contribution in [3.63, 3.8) is 0 Å². The van der Waals surface area contributed by atoms with Crippen LogP contribution in [0.3, 0.4) is 0 Å². The maximum Gasteiger partial charge on any atom is 0.229 e. The summed E-state index contributed by atoms with van der Waals surface area (Å²) in [5.74, 6) is 2.03. The number of benzene rings is 2. The first kappa shape index (κ1) is 23.4. The molecule has 0 saturated heterocycles. The molecule has 1 heterocycles. The van der Waals surface area contributed by atoms with E-state index in [1.54, 1.807) is 13.3 Å². The molecular formula is C27H30BrN3O2. The number of anilines is 1. The van der Waals surface area contributed by atoms with Crippen LogP contribution in [0.25, 0.3) is 11.3 Å². The Morgan fingerprint density at radius 1 is 1.06 bits per heavy atom. The molecule has 5 nitrogen and oxygen atoms in total. The first-order valence-electron chi connectivity index (χ1n) is 11.7. The van der Waals surface area contributed by atoms with E-state index in [2.05, 4.69) is 26.2 Å². The van der Waals surface area contributed by atoms with Crippen LogP contribution in [0.2, 0.25) is 0 Å². The van der Waals surface area contributed by atoms with Crippen molar-refractivity contribution >= 4 is 27.7 Å². The van der Waals surface area contributed by atoms with Crippen LogP contribution in [0, 0.1) is 5.92 Å². The molecule has 1 fully saturated rings. The summed E-state index contributed by atoms with van der Waals surface area (Å²) >= 11 is 3.43. The number of ether oxygens (including phenoxy) is 1. The molecule has 1 saturated carbocycles. The second kappa shape index (κ2) is 11.4. The zero-order valence-corrected chi connectivity index (χ0v) is 20.6. The molecule has 1 amide bonds. The van der Waals surface area contributed by atoms with Crippen molar-refractivity contribution in [3.05, 3.63) is 70.5 Å². The van der Waals surface area contributed by atoms with Gasteiger partial charge in [0.05, 0.1) is 31.1 Å². The number of carbonyl (C=O) groups is 1. The predicted molar refractivity (Wildman–Crippen MR) is 135 cm³/mol. The number of nitrogens with zero attached hydrogens (tertiary/aromatic N) is 2. The summed E-state index contributed by atoms with van der Waals surface area (Å²) in [6, 6.07) is 15.6. The van der Waals surface area contributed by atoms with Crippen LogP contribution < -0.4 is 10.1 Å². The average Bonchev–Trinajstić information content (AvgIpc) is 2.85. The SMILES string of the molecule is COc1ccc(-c2cnc(NC(=O)Cc3ccc(Br)cc3)c(CCC3CCCCC3)n2)cc1. The number of aromatic nitrogens is 2. The van der Waals surface area contributed by atoms with E-state index in [-0.39, 0.29) is 5.91 Å². The molecule has 1 aliphatic rings. The Morgan fingerprint density at radius 3 is 2.48 bits per heavy atom. The highest BCUT2D eigenvalue weighted by Crippen LogP contribution is 2.29. The highest BCUT2D eigenvalue weighted by Gasteiger charge is 2.17. The molecule has 1 aromatic heterocycles. The Kier molecular flexibility index (Phi) is 8.10. The summed E-state index contributed by atoms with van der Waals surface area (Å²) in [5, 5.41) is 3.01. The van der Waals surface area contributed by atoms with Crippen LogP contribution in [0.15, 0.2) is 59.2 Å². The molecule has 0 radical (unpaired) electrons. The van der Waals surface area contributed by atoms with Crippen LogP contribution in [0.5, 0.6) is 5.75 Å². The number of amides is 1. The van der Waals surface area contributed by atoms with Crippen molar-refractivity contribution in [1.82, 2.24) is 9.97 Å². The summed E-state index contributed by atoms with van der Waals surface area (Å²) in [4.78, 5) is 22.3. The monoisotopic (exact) mass is 507 g/mol. The Morgan fingerprint density at radius 2 is 1.79 bits per heavy atom.